The van der Waals surface area contributed by atoms with Crippen LogP contribution in [0.1, 0.15) is 19.8 Å². The summed E-state index contributed by atoms with van der Waals surface area (Å²) in [5.41, 5.74) is 0.440. The van der Waals surface area contributed by atoms with Crippen LogP contribution in [-0.2, 0) is 14.8 Å². The molecule has 0 aromatic carbocycles. The number of likely N-dealkylation sites (N-methyl/N-ethyl adjacent to an activating group) is 1. The van der Waals surface area contributed by atoms with Crippen molar-refractivity contribution in [3.63, 3.8) is 0 Å². The van der Waals surface area contributed by atoms with E-state index >= 15 is 0 Å². The van der Waals surface area contributed by atoms with Crippen molar-refractivity contribution < 1.29 is 13.2 Å². The van der Waals surface area contributed by atoms with E-state index in [1.165, 1.54) is 0 Å². The van der Waals surface area contributed by atoms with E-state index in [1.807, 2.05) is 24.9 Å². The summed E-state index contributed by atoms with van der Waals surface area (Å²) in [6.45, 7) is 3.61. The lowest BCUT2D eigenvalue weighted by atomic mass is 9.93. The van der Waals surface area contributed by atoms with Gasteiger partial charge in [0.2, 0.25) is 15.9 Å². The van der Waals surface area contributed by atoms with Crippen LogP contribution in [-0.4, -0.2) is 73.0 Å². The van der Waals surface area contributed by atoms with Gasteiger partial charge in [0.1, 0.15) is 0 Å². The fraction of sp³-hybridized carbons (Fsp3) is 0.625. The molecule has 1 atom stereocenters. The van der Waals surface area contributed by atoms with Crippen molar-refractivity contribution in [2.24, 2.45) is 0 Å². The van der Waals surface area contributed by atoms with Gasteiger partial charge in [-0.25, -0.2) is 8.42 Å². The Labute approximate surface area is 143 Å². The first-order valence-corrected chi connectivity index (χ1v) is 9.88. The van der Waals surface area contributed by atoms with E-state index in [9.17, 15) is 13.2 Å². The average molecular weight is 352 g/mol. The lowest BCUT2D eigenvalue weighted by molar-refractivity contribution is -0.123. The van der Waals surface area contributed by atoms with Crippen LogP contribution in [0, 0.1) is 0 Å². The van der Waals surface area contributed by atoms with E-state index in [2.05, 4.69) is 4.98 Å². The molecule has 3 heterocycles. The molecule has 1 aromatic heterocycles. The number of carbonyl (C=O) groups excluding carboxylic acids is 1. The Bertz CT molecular complexity index is 709. The Morgan fingerprint density at radius 3 is 2.79 bits per heavy atom. The van der Waals surface area contributed by atoms with Crippen LogP contribution < -0.4 is 4.90 Å². The summed E-state index contributed by atoms with van der Waals surface area (Å²) in [6, 6.07) is 3.67. The number of amides is 1. The lowest BCUT2D eigenvalue weighted by Gasteiger charge is -2.46. The molecule has 1 unspecified atom stereocenters. The largest absolute Gasteiger partial charge is 0.308 e. The van der Waals surface area contributed by atoms with Crippen LogP contribution in [0.25, 0.3) is 0 Å². The predicted molar refractivity (Wildman–Crippen MR) is 92.2 cm³/mol. The van der Waals surface area contributed by atoms with E-state index in [4.69, 9.17) is 0 Å². The summed E-state index contributed by atoms with van der Waals surface area (Å²) in [5.74, 6) is 0.198. The Balaban J connectivity index is 1.84. The van der Waals surface area contributed by atoms with Gasteiger partial charge in [-0.15, -0.1) is 0 Å². The number of aromatic nitrogens is 1. The Kier molecular flexibility index (Phi) is 4.63. The summed E-state index contributed by atoms with van der Waals surface area (Å²) in [6.07, 6.45) is 4.70. The van der Waals surface area contributed by atoms with Crippen molar-refractivity contribution in [1.29, 1.82) is 0 Å². The van der Waals surface area contributed by atoms with Crippen LogP contribution in [0.15, 0.2) is 24.5 Å². The van der Waals surface area contributed by atoms with Crippen LogP contribution in [0.4, 0.5) is 5.69 Å². The summed E-state index contributed by atoms with van der Waals surface area (Å²) < 4.78 is 26.4. The highest BCUT2D eigenvalue weighted by atomic mass is 32.2. The van der Waals surface area contributed by atoms with Gasteiger partial charge < -0.3 is 4.90 Å². The van der Waals surface area contributed by atoms with Gasteiger partial charge >= 0.3 is 0 Å². The van der Waals surface area contributed by atoms with E-state index in [1.54, 1.807) is 27.7 Å². The Morgan fingerprint density at radius 2 is 2.12 bits per heavy atom. The maximum Gasteiger partial charge on any atom is 0.241 e. The zero-order chi connectivity index (χ0) is 17.4. The number of piperazine rings is 1. The number of rotatable bonds is 4. The fourth-order valence-corrected chi connectivity index (χ4v) is 5.17. The second kappa shape index (κ2) is 6.42. The molecule has 3 rings (SSSR count). The molecule has 0 N–H and O–H groups in total. The van der Waals surface area contributed by atoms with Crippen LogP contribution in [0.2, 0.25) is 0 Å². The van der Waals surface area contributed by atoms with Gasteiger partial charge in [0.25, 0.3) is 0 Å². The highest BCUT2D eigenvalue weighted by Crippen LogP contribution is 2.34. The molecular weight excluding hydrogens is 328 g/mol. The molecular formula is C16H24N4O3S. The third-order valence-corrected chi connectivity index (χ3v) is 7.07. The van der Waals surface area contributed by atoms with Crippen molar-refractivity contribution in [2.45, 2.75) is 25.3 Å². The third-order valence-electron chi connectivity index (χ3n) is 5.05. The van der Waals surface area contributed by atoms with Crippen molar-refractivity contribution in [3.05, 3.63) is 24.5 Å². The molecule has 0 radical (unpaired) electrons. The fourth-order valence-electron chi connectivity index (χ4n) is 3.59. The van der Waals surface area contributed by atoms with E-state index in [0.29, 0.717) is 26.1 Å². The second-order valence-electron chi connectivity index (χ2n) is 6.67. The predicted octanol–water partition coefficient (Wildman–Crippen LogP) is 0.544. The Morgan fingerprint density at radius 1 is 1.33 bits per heavy atom. The number of hydrogen-bond acceptors (Lipinski definition) is 5. The summed E-state index contributed by atoms with van der Waals surface area (Å²) in [4.78, 5) is 20.3. The van der Waals surface area contributed by atoms with Gasteiger partial charge in [0.05, 0.1) is 29.7 Å². The molecule has 2 fully saturated rings. The number of pyridine rings is 1. The molecule has 1 spiro atoms. The summed E-state index contributed by atoms with van der Waals surface area (Å²) in [5, 5.41) is 0. The normalized spacial score (nSPS) is 26.4. The quantitative estimate of drug-likeness (QED) is 0.791. The molecule has 0 bridgehead atoms. The molecule has 0 saturated carbocycles. The smallest absolute Gasteiger partial charge is 0.241 e. The number of hydrogen-bond donors (Lipinski definition) is 0. The number of anilines is 1. The minimum Gasteiger partial charge on any atom is -0.308 e. The average Bonchev–Trinajstić information content (AvgIpc) is 2.98. The molecule has 7 nitrogen and oxygen atoms in total. The molecule has 24 heavy (non-hydrogen) atoms. The van der Waals surface area contributed by atoms with Crippen molar-refractivity contribution in [1.82, 2.24) is 14.2 Å². The van der Waals surface area contributed by atoms with E-state index < -0.39 is 10.0 Å². The van der Waals surface area contributed by atoms with Crippen molar-refractivity contribution in [3.8, 4) is 0 Å². The highest BCUT2D eigenvalue weighted by Gasteiger charge is 2.49. The van der Waals surface area contributed by atoms with Gasteiger partial charge in [0.15, 0.2) is 0 Å². The molecule has 1 aromatic rings. The van der Waals surface area contributed by atoms with Gasteiger partial charge in [-0.3, -0.25) is 14.7 Å². The summed E-state index contributed by atoms with van der Waals surface area (Å²) >= 11 is 0. The number of sulfonamides is 1. The topological polar surface area (TPSA) is 73.8 Å². The highest BCUT2D eigenvalue weighted by molar-refractivity contribution is 7.89. The standard InChI is InChI=1S/C16H24N4O3S/c1-3-9-24(22,23)19-8-6-16(12-19)13-20(15(21)11-18(16)2)14-5-4-7-17-10-14/h4-5,7,10H,3,6,8-9,11-13H2,1-2H3. The zero-order valence-corrected chi connectivity index (χ0v) is 15.0. The van der Waals surface area contributed by atoms with Crippen LogP contribution in [0.5, 0.6) is 0 Å². The monoisotopic (exact) mass is 352 g/mol. The molecule has 2 aliphatic rings. The van der Waals surface area contributed by atoms with Crippen molar-refractivity contribution >= 4 is 21.6 Å². The molecule has 1 amide bonds. The SMILES string of the molecule is CCCS(=O)(=O)N1CCC2(CN(c3cccnc3)C(=O)CN2C)C1. The van der Waals surface area contributed by atoms with Gasteiger partial charge in [0, 0.05) is 25.8 Å². The Hall–Kier alpha value is -1.51. The molecule has 0 aliphatic carbocycles. The summed E-state index contributed by atoms with van der Waals surface area (Å²) in [7, 11) is -1.30. The maximum atomic E-state index is 12.5. The van der Waals surface area contributed by atoms with Gasteiger partial charge in [-0.2, -0.15) is 4.31 Å². The van der Waals surface area contributed by atoms with Gasteiger partial charge in [-0.05, 0) is 32.0 Å². The molecule has 132 valence electrons. The van der Waals surface area contributed by atoms with E-state index in [0.717, 1.165) is 12.1 Å². The van der Waals surface area contributed by atoms with Gasteiger partial charge in [-0.1, -0.05) is 6.92 Å². The molecule has 2 aliphatic heterocycles. The first kappa shape index (κ1) is 17.3. The first-order valence-electron chi connectivity index (χ1n) is 8.27. The lowest BCUT2D eigenvalue weighted by Crippen LogP contribution is -2.64. The minimum atomic E-state index is -3.21. The molecule has 8 heteroatoms. The third kappa shape index (κ3) is 3.05. The molecule has 2 saturated heterocycles. The number of nitrogens with zero attached hydrogens (tertiary/aromatic N) is 4. The van der Waals surface area contributed by atoms with Crippen molar-refractivity contribution in [2.75, 3.05) is 43.9 Å². The second-order valence-corrected chi connectivity index (χ2v) is 8.76. The number of carbonyl (C=O) groups is 1. The zero-order valence-electron chi connectivity index (χ0n) is 14.2. The first-order chi connectivity index (χ1) is 11.4. The maximum absolute atomic E-state index is 12.5. The minimum absolute atomic E-state index is 0.0194. The van der Waals surface area contributed by atoms with E-state index in [-0.39, 0.29) is 23.7 Å². The van der Waals surface area contributed by atoms with Crippen LogP contribution in [0.3, 0.4) is 0 Å². The van der Waals surface area contributed by atoms with Crippen LogP contribution >= 0.6 is 0 Å².